The van der Waals surface area contributed by atoms with Crippen LogP contribution >= 0.6 is 0 Å². The highest BCUT2D eigenvalue weighted by Gasteiger charge is 2.33. The maximum Gasteiger partial charge on any atom is 0.417 e. The fraction of sp³-hybridized carbons (Fsp3) is 0.200. The first kappa shape index (κ1) is 17.7. The number of imidazole rings is 1. The second-order valence-electron chi connectivity index (χ2n) is 6.45. The molecule has 8 nitrogen and oxygen atoms in total. The van der Waals surface area contributed by atoms with Crippen molar-refractivity contribution in [3.8, 4) is 0 Å². The summed E-state index contributed by atoms with van der Waals surface area (Å²) in [7, 11) is 0. The number of para-hydroxylation sites is 2. The Morgan fingerprint density at radius 1 is 1.11 bits per heavy atom. The average molecular weight is 378 g/mol. The van der Waals surface area contributed by atoms with Crippen LogP contribution in [-0.4, -0.2) is 45.5 Å². The van der Waals surface area contributed by atoms with Gasteiger partial charge in [0.15, 0.2) is 6.61 Å². The molecular weight excluding hydrogens is 360 g/mol. The second kappa shape index (κ2) is 7.51. The summed E-state index contributed by atoms with van der Waals surface area (Å²) < 4.78 is 6.52. The van der Waals surface area contributed by atoms with E-state index in [0.29, 0.717) is 0 Å². The summed E-state index contributed by atoms with van der Waals surface area (Å²) in [5.74, 6) is -0.669. The first-order valence-electron chi connectivity index (χ1n) is 8.83. The molecule has 2 heterocycles. The molecule has 1 N–H and O–H groups in total. The lowest BCUT2D eigenvalue weighted by Gasteiger charge is -2.23. The van der Waals surface area contributed by atoms with Crippen LogP contribution in [0.4, 0.5) is 4.79 Å². The van der Waals surface area contributed by atoms with Crippen molar-refractivity contribution in [3.05, 3.63) is 66.5 Å². The largest absolute Gasteiger partial charge is 0.439 e. The molecule has 1 aliphatic rings. The molecule has 142 valence electrons. The monoisotopic (exact) mass is 378 g/mol. The van der Waals surface area contributed by atoms with E-state index >= 15 is 0 Å². The van der Waals surface area contributed by atoms with Gasteiger partial charge in [-0.05, 0) is 17.7 Å². The van der Waals surface area contributed by atoms with Gasteiger partial charge in [0.1, 0.15) is 6.54 Å². The van der Waals surface area contributed by atoms with Gasteiger partial charge in [-0.15, -0.1) is 0 Å². The molecule has 0 bridgehead atoms. The van der Waals surface area contributed by atoms with Gasteiger partial charge in [0.05, 0.1) is 29.9 Å². The van der Waals surface area contributed by atoms with Crippen molar-refractivity contribution >= 4 is 28.9 Å². The smallest absolute Gasteiger partial charge is 0.417 e. The summed E-state index contributed by atoms with van der Waals surface area (Å²) in [4.78, 5) is 41.7. The number of rotatable bonds is 6. The first-order chi connectivity index (χ1) is 13.6. The highest BCUT2D eigenvalue weighted by Crippen LogP contribution is 2.18. The van der Waals surface area contributed by atoms with Gasteiger partial charge in [0.2, 0.25) is 5.91 Å². The molecule has 1 aliphatic heterocycles. The maximum absolute atomic E-state index is 12.7. The molecule has 3 amide bonds. The number of imide groups is 1. The summed E-state index contributed by atoms with van der Waals surface area (Å²) in [6.07, 6.45) is 0.920. The molecule has 4 rings (SSSR count). The third kappa shape index (κ3) is 3.57. The third-order valence-electron chi connectivity index (χ3n) is 4.58. The van der Waals surface area contributed by atoms with Crippen LogP contribution in [-0.2, 0) is 20.9 Å². The minimum Gasteiger partial charge on any atom is -0.439 e. The number of ether oxygens (including phenoxy) is 1. The number of carbonyl (C=O) groups excluding carboxylic acids is 3. The highest BCUT2D eigenvalue weighted by atomic mass is 16.6. The Hall–Kier alpha value is -3.68. The van der Waals surface area contributed by atoms with E-state index in [-0.39, 0.29) is 25.6 Å². The third-order valence-corrected chi connectivity index (χ3v) is 4.58. The van der Waals surface area contributed by atoms with Gasteiger partial charge in [0, 0.05) is 0 Å². The fourth-order valence-electron chi connectivity index (χ4n) is 3.19. The Morgan fingerprint density at radius 3 is 2.61 bits per heavy atom. The lowest BCUT2D eigenvalue weighted by atomic mass is 10.1. The number of aromatic nitrogens is 2. The molecule has 1 fully saturated rings. The van der Waals surface area contributed by atoms with Crippen LogP contribution in [0.3, 0.4) is 0 Å². The van der Waals surface area contributed by atoms with E-state index in [9.17, 15) is 14.4 Å². The molecule has 1 aromatic heterocycles. The fourth-order valence-corrected chi connectivity index (χ4v) is 3.19. The molecule has 0 unspecified atom stereocenters. The molecule has 0 aliphatic carbocycles. The first-order valence-corrected chi connectivity index (χ1v) is 8.83. The van der Waals surface area contributed by atoms with Crippen molar-refractivity contribution in [1.82, 2.24) is 19.8 Å². The van der Waals surface area contributed by atoms with Crippen LogP contribution in [0, 0.1) is 0 Å². The number of fused-ring (bicyclic) bond motifs is 1. The Labute approximate surface area is 160 Å². The molecule has 28 heavy (non-hydrogen) atoms. The lowest BCUT2D eigenvalue weighted by Crippen LogP contribution is -2.41. The molecule has 1 saturated heterocycles. The van der Waals surface area contributed by atoms with Gasteiger partial charge < -0.3 is 14.6 Å². The van der Waals surface area contributed by atoms with Gasteiger partial charge >= 0.3 is 6.09 Å². The van der Waals surface area contributed by atoms with Crippen molar-refractivity contribution in [2.24, 2.45) is 0 Å². The van der Waals surface area contributed by atoms with E-state index in [1.165, 1.54) is 0 Å². The van der Waals surface area contributed by atoms with E-state index in [1.807, 2.05) is 54.6 Å². The predicted octanol–water partition coefficient (Wildman–Crippen LogP) is 1.87. The van der Waals surface area contributed by atoms with Crippen molar-refractivity contribution < 1.29 is 19.1 Å². The zero-order valence-electron chi connectivity index (χ0n) is 14.9. The number of benzene rings is 2. The average Bonchev–Trinajstić information content (AvgIpc) is 3.26. The number of amides is 3. The molecule has 1 atom stereocenters. The van der Waals surface area contributed by atoms with E-state index in [4.69, 9.17) is 4.74 Å². The number of hydrogen-bond donors (Lipinski definition) is 1. The van der Waals surface area contributed by atoms with Crippen molar-refractivity contribution in [2.75, 3.05) is 13.2 Å². The summed E-state index contributed by atoms with van der Waals surface area (Å²) in [6, 6.07) is 16.2. The van der Waals surface area contributed by atoms with E-state index in [0.717, 1.165) is 21.5 Å². The molecule has 3 aromatic rings. The minimum absolute atomic E-state index is 0.0120. The second-order valence-corrected chi connectivity index (χ2v) is 6.45. The summed E-state index contributed by atoms with van der Waals surface area (Å²) in [6.45, 7) is -0.185. The number of carbonyl (C=O) groups is 3. The Bertz CT molecular complexity index is 1010. The van der Waals surface area contributed by atoms with Crippen LogP contribution < -0.4 is 5.32 Å². The normalized spacial score (nSPS) is 14.9. The summed E-state index contributed by atoms with van der Waals surface area (Å²) >= 11 is 0. The Balaban J connectivity index is 1.52. The summed E-state index contributed by atoms with van der Waals surface area (Å²) in [5, 5.41) is 2.92. The van der Waals surface area contributed by atoms with Crippen LogP contribution in [0.15, 0.2) is 60.9 Å². The summed E-state index contributed by atoms with van der Waals surface area (Å²) in [5.41, 5.74) is 2.45. The number of hydrogen-bond acceptors (Lipinski definition) is 5. The van der Waals surface area contributed by atoms with Crippen LogP contribution in [0.5, 0.6) is 0 Å². The van der Waals surface area contributed by atoms with Crippen LogP contribution in [0.25, 0.3) is 11.0 Å². The number of cyclic esters (lactones) is 1. The standard InChI is InChI=1S/C20H18N4O4/c25-18(11-23-13-21-15-8-4-5-9-17(15)23)22-16(14-6-2-1-3-7-14)10-24-19(26)12-28-20(24)27/h1-9,13,16H,10-12H2,(H,22,25)/t16-/m0/s1. The molecule has 0 spiro atoms. The van der Waals surface area contributed by atoms with Crippen LogP contribution in [0.2, 0.25) is 0 Å². The predicted molar refractivity (Wildman–Crippen MR) is 100 cm³/mol. The van der Waals surface area contributed by atoms with Crippen LogP contribution in [0.1, 0.15) is 11.6 Å². The molecule has 2 aromatic carbocycles. The van der Waals surface area contributed by atoms with E-state index in [1.54, 1.807) is 10.9 Å². The highest BCUT2D eigenvalue weighted by molar-refractivity contribution is 5.97. The lowest BCUT2D eigenvalue weighted by molar-refractivity contribution is -0.127. The molecular formula is C20H18N4O4. The number of nitrogens with zero attached hydrogens (tertiary/aromatic N) is 3. The van der Waals surface area contributed by atoms with E-state index in [2.05, 4.69) is 10.3 Å². The minimum atomic E-state index is -0.694. The van der Waals surface area contributed by atoms with Gasteiger partial charge in [-0.3, -0.25) is 9.59 Å². The van der Waals surface area contributed by atoms with Crippen molar-refractivity contribution in [2.45, 2.75) is 12.6 Å². The zero-order valence-corrected chi connectivity index (χ0v) is 14.9. The van der Waals surface area contributed by atoms with Crippen molar-refractivity contribution in [3.63, 3.8) is 0 Å². The number of nitrogens with one attached hydrogen (secondary N) is 1. The molecule has 0 radical (unpaired) electrons. The van der Waals surface area contributed by atoms with Gasteiger partial charge in [-0.1, -0.05) is 42.5 Å². The Morgan fingerprint density at radius 2 is 1.86 bits per heavy atom. The van der Waals surface area contributed by atoms with Gasteiger partial charge in [-0.25, -0.2) is 14.7 Å². The molecule has 8 heteroatoms. The van der Waals surface area contributed by atoms with Gasteiger partial charge in [0.25, 0.3) is 5.91 Å². The van der Waals surface area contributed by atoms with Gasteiger partial charge in [-0.2, -0.15) is 0 Å². The Kier molecular flexibility index (Phi) is 4.76. The SMILES string of the molecule is O=C(Cn1cnc2ccccc21)N[C@@H](CN1C(=O)COC1=O)c1ccccc1. The topological polar surface area (TPSA) is 93.5 Å². The zero-order chi connectivity index (χ0) is 19.5. The van der Waals surface area contributed by atoms with Crippen molar-refractivity contribution in [1.29, 1.82) is 0 Å². The van der Waals surface area contributed by atoms with E-state index < -0.39 is 18.0 Å². The quantitative estimate of drug-likeness (QED) is 0.707. The maximum atomic E-state index is 12.7. The molecule has 0 saturated carbocycles.